The molecule has 0 aliphatic rings. The average Bonchev–Trinajstić information content (AvgIpc) is 3.05. The number of aryl methyl sites for hydroxylation is 1. The molecule has 4 aromatic carbocycles. The summed E-state index contributed by atoms with van der Waals surface area (Å²) in [5.41, 5.74) is 3.69. The predicted octanol–water partition coefficient (Wildman–Crippen LogP) is 5.80. The van der Waals surface area contributed by atoms with Crippen LogP contribution in [0.4, 0.5) is 0 Å². The maximum atomic E-state index is 13.3. The van der Waals surface area contributed by atoms with Crippen LogP contribution in [-0.4, -0.2) is 10.4 Å². The van der Waals surface area contributed by atoms with Crippen LogP contribution in [0.15, 0.2) is 72.8 Å². The maximum Gasteiger partial charge on any atom is 0.193 e. The van der Waals surface area contributed by atoms with E-state index in [1.54, 1.807) is 0 Å². The topological polar surface area (TPSA) is 22.0 Å². The van der Waals surface area contributed by atoms with E-state index >= 15 is 0 Å². The second-order valence-corrected chi connectivity index (χ2v) is 6.69. The van der Waals surface area contributed by atoms with Crippen LogP contribution < -0.4 is 0 Å². The zero-order chi connectivity index (χ0) is 18.4. The van der Waals surface area contributed by atoms with E-state index in [2.05, 4.69) is 29.7 Å². The number of benzene rings is 3. The number of carbonyl (C=O) groups excluding carboxylic acids is 1. The van der Waals surface area contributed by atoms with E-state index in [0.29, 0.717) is 5.56 Å². The monoisotopic (exact) mass is 347 g/mol. The first-order valence-electron chi connectivity index (χ1n) is 9.14. The Morgan fingerprint density at radius 2 is 1.78 bits per heavy atom. The summed E-state index contributed by atoms with van der Waals surface area (Å²) >= 11 is 0. The summed E-state index contributed by atoms with van der Waals surface area (Å²) in [7, 11) is 0. The van der Waals surface area contributed by atoms with E-state index in [1.807, 2.05) is 66.7 Å². The highest BCUT2D eigenvalue weighted by atomic mass is 16.1. The highest BCUT2D eigenvalue weighted by Gasteiger charge is 2.15. The van der Waals surface area contributed by atoms with Crippen molar-refractivity contribution in [3.05, 3.63) is 96.1 Å². The number of hydrogen-bond acceptors (Lipinski definition) is 1. The van der Waals surface area contributed by atoms with Gasteiger partial charge in [-0.3, -0.25) is 4.79 Å². The molecule has 0 fully saturated rings. The van der Waals surface area contributed by atoms with E-state index in [-0.39, 0.29) is 5.78 Å². The van der Waals surface area contributed by atoms with Crippen LogP contribution in [0.5, 0.6) is 0 Å². The molecule has 27 heavy (non-hydrogen) atoms. The summed E-state index contributed by atoms with van der Waals surface area (Å²) in [5, 5.41) is 4.13. The first-order chi connectivity index (χ1) is 13.3. The van der Waals surface area contributed by atoms with Crippen molar-refractivity contribution in [3.8, 4) is 0 Å². The lowest BCUT2D eigenvalue weighted by Crippen LogP contribution is -2.02. The number of rotatable bonds is 3. The van der Waals surface area contributed by atoms with E-state index in [1.165, 1.54) is 0 Å². The van der Waals surface area contributed by atoms with Gasteiger partial charge in [-0.1, -0.05) is 54.6 Å². The summed E-state index contributed by atoms with van der Waals surface area (Å²) in [5.74, 6) is 0.0472. The van der Waals surface area contributed by atoms with Gasteiger partial charge in [-0.25, -0.2) is 0 Å². The Morgan fingerprint density at radius 3 is 2.67 bits per heavy atom. The molecule has 0 aliphatic heterocycles. The van der Waals surface area contributed by atoms with Crippen molar-refractivity contribution in [3.63, 3.8) is 0 Å². The van der Waals surface area contributed by atoms with Gasteiger partial charge in [0, 0.05) is 28.6 Å². The molecule has 0 amide bonds. The van der Waals surface area contributed by atoms with Gasteiger partial charge < -0.3 is 4.57 Å². The number of ketones is 1. The molecule has 0 bridgehead atoms. The van der Waals surface area contributed by atoms with Crippen LogP contribution in [0.2, 0.25) is 0 Å². The molecule has 0 saturated carbocycles. The van der Waals surface area contributed by atoms with Gasteiger partial charge in [0.05, 0.1) is 10.9 Å². The minimum Gasteiger partial charge on any atom is -0.340 e. The Hall–Kier alpha value is -3.57. The summed E-state index contributed by atoms with van der Waals surface area (Å²) in [6.45, 7) is 3.00. The van der Waals surface area contributed by atoms with Gasteiger partial charge in [0.1, 0.15) is 0 Å². The summed E-state index contributed by atoms with van der Waals surface area (Å²) in [4.78, 5) is 13.3. The number of hydrogen-bond donors (Lipinski definition) is 0. The van der Waals surface area contributed by atoms with Crippen LogP contribution in [0, 0.1) is 12.1 Å². The van der Waals surface area contributed by atoms with E-state index in [9.17, 15) is 4.79 Å². The van der Waals surface area contributed by atoms with Gasteiger partial charge in [0.25, 0.3) is 0 Å². The largest absolute Gasteiger partial charge is 0.340 e. The van der Waals surface area contributed by atoms with Crippen molar-refractivity contribution in [2.24, 2.45) is 0 Å². The van der Waals surface area contributed by atoms with Gasteiger partial charge in [0.15, 0.2) is 5.78 Å². The normalized spacial score (nSPS) is 11.1. The molecule has 128 valence electrons. The van der Waals surface area contributed by atoms with E-state index in [0.717, 1.165) is 44.7 Å². The van der Waals surface area contributed by atoms with Crippen LogP contribution in [0.3, 0.4) is 0 Å². The van der Waals surface area contributed by atoms with E-state index in [4.69, 9.17) is 0 Å². The Bertz CT molecular complexity index is 1320. The van der Waals surface area contributed by atoms with Crippen molar-refractivity contribution < 1.29 is 4.79 Å². The van der Waals surface area contributed by atoms with Crippen LogP contribution >= 0.6 is 0 Å². The number of carbonyl (C=O) groups is 1. The van der Waals surface area contributed by atoms with Gasteiger partial charge >= 0.3 is 0 Å². The van der Waals surface area contributed by atoms with Gasteiger partial charge in [-0.05, 0) is 48.0 Å². The number of aromatic nitrogens is 1. The van der Waals surface area contributed by atoms with Gasteiger partial charge in [-0.15, -0.1) is 0 Å². The molecular formula is C25H17NO. The predicted molar refractivity (Wildman–Crippen MR) is 110 cm³/mol. The zero-order valence-electron chi connectivity index (χ0n) is 15.0. The van der Waals surface area contributed by atoms with Crippen molar-refractivity contribution in [1.29, 1.82) is 0 Å². The molecule has 2 heteroatoms. The molecule has 0 N–H and O–H groups in total. The Balaban J connectivity index is 1.73. The van der Waals surface area contributed by atoms with Crippen LogP contribution in [0.25, 0.3) is 32.6 Å². The molecule has 0 spiro atoms. The van der Waals surface area contributed by atoms with E-state index < -0.39 is 0 Å². The zero-order valence-corrected chi connectivity index (χ0v) is 15.0. The number of fused-ring (bicyclic) bond motifs is 4. The van der Waals surface area contributed by atoms with Crippen LogP contribution in [-0.2, 0) is 6.54 Å². The molecule has 0 atom stereocenters. The second-order valence-electron chi connectivity index (χ2n) is 6.69. The minimum absolute atomic E-state index is 0.0472. The molecule has 0 aliphatic carbocycles. The lowest BCUT2D eigenvalue weighted by molar-refractivity contribution is 0.104. The fourth-order valence-corrected chi connectivity index (χ4v) is 3.97. The standard InChI is InChI=1S/C25H17NO/c1-2-26-23-13-6-5-11-20(23)22-16-18(14-15-24(22)26)25(27)21-12-7-9-17-8-3-4-10-19(17)21/h3-4,6-10,12-16H,2H2,1H3. The molecule has 0 saturated heterocycles. The molecule has 2 nitrogen and oxygen atoms in total. The SMILES string of the molecule is CCn1c2ccc#cc2c2cc(C(=O)c3cccc4ccccc34)ccc21. The van der Waals surface area contributed by atoms with Gasteiger partial charge in [0.2, 0.25) is 0 Å². The number of nitrogens with zero attached hydrogens (tertiary/aromatic N) is 1. The Morgan fingerprint density at radius 1 is 0.926 bits per heavy atom. The molecule has 1 heterocycles. The maximum absolute atomic E-state index is 13.3. The molecule has 5 rings (SSSR count). The third kappa shape index (κ3) is 2.33. The van der Waals surface area contributed by atoms with Crippen molar-refractivity contribution in [2.75, 3.05) is 0 Å². The molecule has 1 aromatic heterocycles. The third-order valence-corrected chi connectivity index (χ3v) is 5.24. The van der Waals surface area contributed by atoms with Gasteiger partial charge in [-0.2, -0.15) is 0 Å². The minimum atomic E-state index is 0.0472. The second kappa shape index (κ2) is 6.00. The average molecular weight is 347 g/mol. The summed E-state index contributed by atoms with van der Waals surface area (Å²) in [6, 6.07) is 30.1. The quantitative estimate of drug-likeness (QED) is 0.378. The first-order valence-corrected chi connectivity index (χ1v) is 9.14. The van der Waals surface area contributed by atoms with Crippen molar-refractivity contribution >= 4 is 38.4 Å². The lowest BCUT2D eigenvalue weighted by Gasteiger charge is -2.07. The highest BCUT2D eigenvalue weighted by molar-refractivity contribution is 6.18. The third-order valence-electron chi connectivity index (χ3n) is 5.24. The fourth-order valence-electron chi connectivity index (χ4n) is 3.97. The Labute approximate surface area is 157 Å². The lowest BCUT2D eigenvalue weighted by atomic mass is 9.96. The molecule has 5 aromatic rings. The highest BCUT2D eigenvalue weighted by Crippen LogP contribution is 2.30. The fraction of sp³-hybridized carbons (Fsp3) is 0.0800. The molecular weight excluding hydrogens is 330 g/mol. The van der Waals surface area contributed by atoms with Crippen molar-refractivity contribution in [1.82, 2.24) is 4.57 Å². The van der Waals surface area contributed by atoms with Crippen molar-refractivity contribution in [2.45, 2.75) is 13.5 Å². The van der Waals surface area contributed by atoms with Crippen LogP contribution in [0.1, 0.15) is 22.8 Å². The first kappa shape index (κ1) is 15.7. The summed E-state index contributed by atoms with van der Waals surface area (Å²) in [6.07, 6.45) is 0. The summed E-state index contributed by atoms with van der Waals surface area (Å²) < 4.78 is 2.25. The molecule has 0 unspecified atom stereocenters. The smallest absolute Gasteiger partial charge is 0.193 e. The molecule has 0 radical (unpaired) electrons. The Kier molecular flexibility index (Phi) is 3.48.